The van der Waals surface area contributed by atoms with Crippen molar-refractivity contribution < 1.29 is 19.3 Å². The summed E-state index contributed by atoms with van der Waals surface area (Å²) in [5, 5.41) is 9.91. The Morgan fingerprint density at radius 1 is 1.30 bits per heavy atom. The molecule has 1 heterocycles. The molecule has 0 spiro atoms. The SMILES string of the molecule is C=CC[C@@H](O)C[C@@H]1CC[C@H](c2ccc(OC)c(OC)c2)[C@@H](C)O1. The van der Waals surface area contributed by atoms with Crippen LogP contribution in [0.15, 0.2) is 30.9 Å². The van der Waals surface area contributed by atoms with Gasteiger partial charge >= 0.3 is 0 Å². The Kier molecular flexibility index (Phi) is 6.48. The minimum absolute atomic E-state index is 0.114. The molecule has 1 aromatic carbocycles. The summed E-state index contributed by atoms with van der Waals surface area (Å²) >= 11 is 0. The second kappa shape index (κ2) is 8.37. The Morgan fingerprint density at radius 3 is 2.65 bits per heavy atom. The number of hydrogen-bond acceptors (Lipinski definition) is 4. The summed E-state index contributed by atoms with van der Waals surface area (Å²) in [7, 11) is 3.29. The van der Waals surface area contributed by atoms with Crippen molar-refractivity contribution in [3.63, 3.8) is 0 Å². The highest BCUT2D eigenvalue weighted by atomic mass is 16.5. The van der Waals surface area contributed by atoms with Crippen molar-refractivity contribution in [2.24, 2.45) is 0 Å². The Labute approximate surface area is 139 Å². The maximum absolute atomic E-state index is 9.91. The molecule has 23 heavy (non-hydrogen) atoms. The van der Waals surface area contributed by atoms with Crippen LogP contribution in [0.4, 0.5) is 0 Å². The predicted octanol–water partition coefficient (Wildman–Crippen LogP) is 3.68. The van der Waals surface area contributed by atoms with Gasteiger partial charge < -0.3 is 19.3 Å². The molecule has 1 aliphatic rings. The molecule has 1 fully saturated rings. The molecule has 0 aromatic heterocycles. The van der Waals surface area contributed by atoms with Crippen LogP contribution in [-0.2, 0) is 4.74 Å². The summed E-state index contributed by atoms with van der Waals surface area (Å²) in [5.74, 6) is 1.83. The normalized spacial score (nSPS) is 25.7. The van der Waals surface area contributed by atoms with Gasteiger partial charge in [0.25, 0.3) is 0 Å². The Hall–Kier alpha value is -1.52. The molecule has 4 atom stereocenters. The zero-order valence-electron chi connectivity index (χ0n) is 14.3. The van der Waals surface area contributed by atoms with Crippen LogP contribution in [0.5, 0.6) is 11.5 Å². The first-order valence-electron chi connectivity index (χ1n) is 8.25. The van der Waals surface area contributed by atoms with Gasteiger partial charge in [-0.3, -0.25) is 0 Å². The lowest BCUT2D eigenvalue weighted by molar-refractivity contribution is -0.0709. The van der Waals surface area contributed by atoms with Crippen LogP contribution >= 0.6 is 0 Å². The first-order valence-corrected chi connectivity index (χ1v) is 8.25. The summed E-state index contributed by atoms with van der Waals surface area (Å²) in [6.45, 7) is 5.77. The van der Waals surface area contributed by atoms with E-state index in [2.05, 4.69) is 19.6 Å². The summed E-state index contributed by atoms with van der Waals surface area (Å²) < 4.78 is 16.8. The van der Waals surface area contributed by atoms with Gasteiger partial charge in [0.15, 0.2) is 11.5 Å². The van der Waals surface area contributed by atoms with E-state index in [1.807, 2.05) is 12.1 Å². The van der Waals surface area contributed by atoms with E-state index in [9.17, 15) is 5.11 Å². The van der Waals surface area contributed by atoms with E-state index in [1.165, 1.54) is 5.56 Å². The molecule has 1 saturated heterocycles. The van der Waals surface area contributed by atoms with Crippen LogP contribution in [-0.4, -0.2) is 37.6 Å². The van der Waals surface area contributed by atoms with Gasteiger partial charge in [-0.05, 0) is 50.3 Å². The van der Waals surface area contributed by atoms with E-state index in [4.69, 9.17) is 14.2 Å². The van der Waals surface area contributed by atoms with Crippen molar-refractivity contribution >= 4 is 0 Å². The zero-order valence-corrected chi connectivity index (χ0v) is 14.3. The predicted molar refractivity (Wildman–Crippen MR) is 91.3 cm³/mol. The largest absolute Gasteiger partial charge is 0.493 e. The van der Waals surface area contributed by atoms with Crippen molar-refractivity contribution in [3.05, 3.63) is 36.4 Å². The van der Waals surface area contributed by atoms with E-state index in [-0.39, 0.29) is 18.3 Å². The average Bonchev–Trinajstić information content (AvgIpc) is 2.54. The number of aliphatic hydroxyl groups excluding tert-OH is 1. The molecule has 0 unspecified atom stereocenters. The fraction of sp³-hybridized carbons (Fsp3) is 0.579. The van der Waals surface area contributed by atoms with E-state index < -0.39 is 0 Å². The topological polar surface area (TPSA) is 47.9 Å². The fourth-order valence-electron chi connectivity index (χ4n) is 3.35. The molecule has 0 bridgehead atoms. The highest BCUT2D eigenvalue weighted by Crippen LogP contribution is 2.38. The number of aliphatic hydroxyl groups is 1. The van der Waals surface area contributed by atoms with Gasteiger partial charge in [-0.25, -0.2) is 0 Å². The van der Waals surface area contributed by atoms with Crippen molar-refractivity contribution in [2.45, 2.75) is 56.8 Å². The lowest BCUT2D eigenvalue weighted by atomic mass is 9.85. The van der Waals surface area contributed by atoms with E-state index in [1.54, 1.807) is 20.3 Å². The summed E-state index contributed by atoms with van der Waals surface area (Å²) in [6, 6.07) is 6.07. The van der Waals surface area contributed by atoms with Crippen LogP contribution in [0.25, 0.3) is 0 Å². The number of methoxy groups -OCH3 is 2. The molecule has 0 saturated carbocycles. The highest BCUT2D eigenvalue weighted by molar-refractivity contribution is 5.44. The van der Waals surface area contributed by atoms with Gasteiger partial charge in [0, 0.05) is 5.92 Å². The van der Waals surface area contributed by atoms with Crippen LogP contribution in [0.1, 0.15) is 44.1 Å². The molecular weight excluding hydrogens is 292 g/mol. The molecule has 0 radical (unpaired) electrons. The Bertz CT molecular complexity index is 514. The molecule has 128 valence electrons. The van der Waals surface area contributed by atoms with Gasteiger partial charge in [-0.15, -0.1) is 6.58 Å². The van der Waals surface area contributed by atoms with Gasteiger partial charge in [0.05, 0.1) is 32.5 Å². The molecule has 4 heteroatoms. The maximum Gasteiger partial charge on any atom is 0.160 e. The Balaban J connectivity index is 2.02. The van der Waals surface area contributed by atoms with Crippen molar-refractivity contribution in [2.75, 3.05) is 14.2 Å². The monoisotopic (exact) mass is 320 g/mol. The third-order valence-corrected chi connectivity index (χ3v) is 4.58. The minimum Gasteiger partial charge on any atom is -0.493 e. The maximum atomic E-state index is 9.91. The summed E-state index contributed by atoms with van der Waals surface area (Å²) in [5.41, 5.74) is 1.21. The molecule has 1 aliphatic heterocycles. The molecule has 1 N–H and O–H groups in total. The standard InChI is InChI=1S/C19H28O4/c1-5-6-15(20)12-16-8-9-17(13(2)23-16)14-7-10-18(21-3)19(11-14)22-4/h5,7,10-11,13,15-17,20H,1,6,8-9,12H2,2-4H3/t13-,15-,16+,17+/m1/s1. The molecule has 4 nitrogen and oxygen atoms in total. The van der Waals surface area contributed by atoms with Crippen molar-refractivity contribution in [1.82, 2.24) is 0 Å². The summed E-state index contributed by atoms with van der Waals surface area (Å²) in [4.78, 5) is 0. The number of rotatable bonds is 7. The van der Waals surface area contributed by atoms with Gasteiger partial charge in [-0.1, -0.05) is 12.1 Å². The third-order valence-electron chi connectivity index (χ3n) is 4.58. The zero-order chi connectivity index (χ0) is 16.8. The Morgan fingerprint density at radius 2 is 2.04 bits per heavy atom. The molecule has 0 aliphatic carbocycles. The fourth-order valence-corrected chi connectivity index (χ4v) is 3.35. The smallest absolute Gasteiger partial charge is 0.160 e. The lowest BCUT2D eigenvalue weighted by Crippen LogP contribution is -2.34. The van der Waals surface area contributed by atoms with Crippen molar-refractivity contribution in [1.29, 1.82) is 0 Å². The van der Waals surface area contributed by atoms with Crippen molar-refractivity contribution in [3.8, 4) is 11.5 Å². The van der Waals surface area contributed by atoms with Gasteiger partial charge in [-0.2, -0.15) is 0 Å². The quantitative estimate of drug-likeness (QED) is 0.779. The average molecular weight is 320 g/mol. The highest BCUT2D eigenvalue weighted by Gasteiger charge is 2.30. The first kappa shape index (κ1) is 17.8. The second-order valence-corrected chi connectivity index (χ2v) is 6.18. The van der Waals surface area contributed by atoms with Gasteiger partial charge in [0.1, 0.15) is 0 Å². The number of hydrogen-bond donors (Lipinski definition) is 1. The van der Waals surface area contributed by atoms with Crippen LogP contribution in [0, 0.1) is 0 Å². The second-order valence-electron chi connectivity index (χ2n) is 6.18. The first-order chi connectivity index (χ1) is 11.1. The van der Waals surface area contributed by atoms with Gasteiger partial charge in [0.2, 0.25) is 0 Å². The molecular formula is C19H28O4. The number of ether oxygens (including phenoxy) is 3. The van der Waals surface area contributed by atoms with Crippen LogP contribution < -0.4 is 9.47 Å². The third kappa shape index (κ3) is 4.49. The number of benzene rings is 1. The van der Waals surface area contributed by atoms with E-state index in [0.29, 0.717) is 18.8 Å². The molecule has 0 amide bonds. The molecule has 1 aromatic rings. The lowest BCUT2D eigenvalue weighted by Gasteiger charge is -2.36. The van der Waals surface area contributed by atoms with E-state index in [0.717, 1.165) is 24.3 Å². The van der Waals surface area contributed by atoms with Crippen LogP contribution in [0.2, 0.25) is 0 Å². The summed E-state index contributed by atoms with van der Waals surface area (Å²) in [6.07, 6.45) is 4.92. The van der Waals surface area contributed by atoms with Crippen LogP contribution in [0.3, 0.4) is 0 Å². The minimum atomic E-state index is -0.359. The van der Waals surface area contributed by atoms with E-state index >= 15 is 0 Å². The molecule has 2 rings (SSSR count).